The van der Waals surface area contributed by atoms with Crippen molar-refractivity contribution in [1.29, 1.82) is 0 Å². The number of rotatable bonds is 23. The predicted octanol–water partition coefficient (Wildman–Crippen LogP) is 6.01. The summed E-state index contributed by atoms with van der Waals surface area (Å²) in [6.45, 7) is 16.5. The SMILES string of the molecule is CCN1c2cc3c(cc2C(C)CC1(C)C)C(c1ccccc1C(=O)N(C)CCCC(=O)NCCCCCCOP(=O)(O)OP(=O)(O)OP(=O)(O)OC[C@H]1O[C@@H](n2cnc4c(N)ncnc42)[C@H](O)[C@@H]1O)=c1cc2c4c(c1C3(C)C)CCC[N+]=4CCC2. The first-order valence-electron chi connectivity index (χ1n) is 29.3. The van der Waals surface area contributed by atoms with E-state index in [1.807, 2.05) is 18.2 Å². The van der Waals surface area contributed by atoms with Gasteiger partial charge in [0.2, 0.25) is 11.3 Å². The summed E-state index contributed by atoms with van der Waals surface area (Å²) < 4.78 is 64.9. The Morgan fingerprint density at radius 1 is 0.894 bits per heavy atom. The van der Waals surface area contributed by atoms with Crippen LogP contribution in [0.2, 0.25) is 0 Å². The fourth-order valence-corrected chi connectivity index (χ4v) is 17.1. The lowest BCUT2D eigenvalue weighted by Crippen LogP contribution is -2.50. The van der Waals surface area contributed by atoms with Crippen LogP contribution >= 0.6 is 23.5 Å². The number of benzene rings is 3. The number of nitrogen functional groups attached to an aromatic ring is 1. The topological polar surface area (TPSA) is 324 Å². The van der Waals surface area contributed by atoms with E-state index in [1.165, 1.54) is 60.5 Å². The number of hydrogen-bond acceptors (Lipinski definition) is 17. The third-order valence-electron chi connectivity index (χ3n) is 17.3. The standard InChI is InChI=1S/C58H78N9O15P3/c1-8-67-44-30-43-41(29-40(44)35(2)31-57(67,3)4)47(42-28-36-18-15-25-65-26-16-21-39(50(36)65)48(42)58(43,5)6)37-19-11-12-20-38(37)55(71)64(7)24-17-22-46(68)60-23-13-9-10-14-27-78-83(72,73)81-85(76,77)82-84(74,75)79-32-45-51(69)52(70)56(80-45)66-34-63-49-53(59)61-33-62-54(49)66/h11-12,19-20,28-30,33-35,45,51-52,56,69-70H,8-10,13-18,21-27,31-32H2,1-7H3,(H5-,59,60,61,62,68,72,73,74,75,76,77)/p+1/t35?,45-,51-,52-,56-/m1/s1. The van der Waals surface area contributed by atoms with Gasteiger partial charge in [-0.3, -0.25) is 23.2 Å². The molecule has 24 nitrogen and oxygen atoms in total. The van der Waals surface area contributed by atoms with Crippen LogP contribution in [0.3, 0.4) is 0 Å². The Bertz CT molecular complexity index is 3690. The fourth-order valence-electron chi connectivity index (χ4n) is 13.6. The Morgan fingerprint density at radius 2 is 1.61 bits per heavy atom. The average molecular weight is 1240 g/mol. The van der Waals surface area contributed by atoms with Gasteiger partial charge in [-0.2, -0.15) is 8.62 Å². The molecule has 1 fully saturated rings. The van der Waals surface area contributed by atoms with Crippen LogP contribution in [0.4, 0.5) is 11.5 Å². The molecule has 4 aliphatic heterocycles. The van der Waals surface area contributed by atoms with Crippen molar-refractivity contribution in [3.8, 4) is 0 Å². The van der Waals surface area contributed by atoms with Crippen molar-refractivity contribution in [3.63, 3.8) is 0 Å². The van der Waals surface area contributed by atoms with Crippen LogP contribution < -0.4 is 31.1 Å². The van der Waals surface area contributed by atoms with Gasteiger partial charge in [0.05, 0.1) is 19.5 Å². The quantitative estimate of drug-likeness (QED) is 0.0224. The molecule has 1 aliphatic carbocycles. The van der Waals surface area contributed by atoms with E-state index in [9.17, 15) is 48.2 Å². The Kier molecular flexibility index (Phi) is 18.2. The lowest BCUT2D eigenvalue weighted by Gasteiger charge is -2.48. The number of hydrogen-bond donors (Lipinski definition) is 7. The van der Waals surface area contributed by atoms with E-state index in [4.69, 9.17) is 19.5 Å². The largest absolute Gasteiger partial charge is 0.490 e. The van der Waals surface area contributed by atoms with Gasteiger partial charge in [0, 0.05) is 79.3 Å². The molecule has 2 aromatic heterocycles. The number of imidazole rings is 1. The summed E-state index contributed by atoms with van der Waals surface area (Å²) in [5, 5.41) is 26.8. The molecule has 5 aromatic rings. The van der Waals surface area contributed by atoms with Gasteiger partial charge in [-0.25, -0.2) is 33.2 Å². The van der Waals surface area contributed by atoms with Gasteiger partial charge >= 0.3 is 23.5 Å². The Morgan fingerprint density at radius 3 is 2.36 bits per heavy atom. The molecule has 27 heteroatoms. The normalized spacial score (nSPS) is 23.2. The summed E-state index contributed by atoms with van der Waals surface area (Å²) in [5.41, 5.74) is 17.8. The van der Waals surface area contributed by atoms with Crippen LogP contribution in [-0.2, 0) is 59.2 Å². The average Bonchev–Trinajstić information content (AvgIpc) is 1.36. The number of aliphatic hydroxyl groups excluding tert-OH is 2. The van der Waals surface area contributed by atoms with E-state index in [0.29, 0.717) is 50.3 Å². The van der Waals surface area contributed by atoms with E-state index >= 15 is 0 Å². The summed E-state index contributed by atoms with van der Waals surface area (Å²) in [5.74, 6) is 0.0896. The number of fused-ring (bicyclic) bond motifs is 5. The first kappa shape index (κ1) is 62.8. The van der Waals surface area contributed by atoms with Crippen LogP contribution in [0.25, 0.3) is 16.7 Å². The van der Waals surface area contributed by atoms with Gasteiger partial charge in [-0.05, 0) is 128 Å². The molecule has 10 rings (SSSR count). The molecule has 4 unspecified atom stereocenters. The maximum atomic E-state index is 14.8. The first-order chi connectivity index (χ1) is 40.2. The number of phosphoric ester groups is 2. The zero-order valence-electron chi connectivity index (χ0n) is 49.2. The molecule has 3 aromatic carbocycles. The van der Waals surface area contributed by atoms with Gasteiger partial charge < -0.3 is 50.5 Å². The zero-order chi connectivity index (χ0) is 61.0. The van der Waals surface area contributed by atoms with Crippen molar-refractivity contribution in [2.75, 3.05) is 63.6 Å². The molecule has 8 atom stereocenters. The number of aliphatic hydroxyl groups is 2. The molecule has 1 saturated heterocycles. The molecule has 0 bridgehead atoms. The number of phosphoric acid groups is 3. The van der Waals surface area contributed by atoms with E-state index < -0.39 is 61.2 Å². The van der Waals surface area contributed by atoms with Crippen LogP contribution in [0.5, 0.6) is 0 Å². The molecule has 6 heterocycles. The number of aryl methyl sites for hydroxylation is 1. The van der Waals surface area contributed by atoms with Crippen LogP contribution in [0, 0.1) is 0 Å². The van der Waals surface area contributed by atoms with Crippen LogP contribution in [0.15, 0.2) is 55.1 Å². The molecule has 2 amide bonds. The van der Waals surface area contributed by atoms with Crippen molar-refractivity contribution in [2.45, 2.75) is 154 Å². The molecular formula is C58H79N9O15P3+. The number of ether oxygens (including phenoxy) is 1. The summed E-state index contributed by atoms with van der Waals surface area (Å²) in [6, 6.07) is 15.4. The minimum atomic E-state index is -5.80. The predicted molar refractivity (Wildman–Crippen MR) is 317 cm³/mol. The lowest BCUT2D eigenvalue weighted by molar-refractivity contribution is -0.121. The van der Waals surface area contributed by atoms with Gasteiger partial charge in [0.1, 0.15) is 43.2 Å². The highest BCUT2D eigenvalue weighted by molar-refractivity contribution is 7.66. The molecule has 0 spiro atoms. The second-order valence-electron chi connectivity index (χ2n) is 24.1. The van der Waals surface area contributed by atoms with Crippen molar-refractivity contribution in [3.05, 3.63) is 110 Å². The van der Waals surface area contributed by atoms with Gasteiger partial charge in [-0.1, -0.05) is 51.8 Å². The van der Waals surface area contributed by atoms with Gasteiger partial charge in [0.25, 0.3) is 5.91 Å². The summed E-state index contributed by atoms with van der Waals surface area (Å²) in [7, 11) is -14.9. The minimum Gasteiger partial charge on any atom is -0.387 e. The van der Waals surface area contributed by atoms with Crippen molar-refractivity contribution in [1.82, 2.24) is 34.3 Å². The fraction of sp³-hybridized carbons (Fsp3) is 0.552. The van der Waals surface area contributed by atoms with Crippen molar-refractivity contribution in [2.24, 2.45) is 0 Å². The number of carbonyl (C=O) groups excluding carboxylic acids is 2. The molecule has 460 valence electrons. The third kappa shape index (κ3) is 12.9. The lowest BCUT2D eigenvalue weighted by atomic mass is 9.64. The molecule has 0 saturated carbocycles. The molecule has 5 aliphatic rings. The summed E-state index contributed by atoms with van der Waals surface area (Å²) in [6.07, 6.45) is 3.95. The number of unbranched alkanes of at least 4 members (excludes halogenated alkanes) is 3. The second-order valence-corrected chi connectivity index (χ2v) is 28.7. The summed E-state index contributed by atoms with van der Waals surface area (Å²) in [4.78, 5) is 74.3. The van der Waals surface area contributed by atoms with Crippen molar-refractivity contribution < 1.29 is 70.6 Å². The second kappa shape index (κ2) is 24.7. The molecular weight excluding hydrogens is 1160 g/mol. The number of anilines is 2. The number of nitrogens with one attached hydrogen (secondary N) is 1. The molecule has 8 N–H and O–H groups in total. The Labute approximate surface area is 493 Å². The summed E-state index contributed by atoms with van der Waals surface area (Å²) >= 11 is 0. The van der Waals surface area contributed by atoms with E-state index in [0.717, 1.165) is 69.2 Å². The van der Waals surface area contributed by atoms with Gasteiger partial charge in [-0.15, -0.1) is 0 Å². The van der Waals surface area contributed by atoms with E-state index in [-0.39, 0.29) is 52.6 Å². The Hall–Kier alpha value is -5.29. The highest BCUT2D eigenvalue weighted by atomic mass is 31.3. The van der Waals surface area contributed by atoms with Crippen LogP contribution in [-0.4, -0.2) is 138 Å². The molecule has 85 heavy (non-hydrogen) atoms. The number of amides is 2. The highest BCUT2D eigenvalue weighted by Gasteiger charge is 2.48. The number of aromatic nitrogens is 4. The highest BCUT2D eigenvalue weighted by Crippen LogP contribution is 2.68. The van der Waals surface area contributed by atoms with Crippen LogP contribution in [0.1, 0.15) is 161 Å². The third-order valence-corrected chi connectivity index (χ3v) is 21.6. The molecule has 0 radical (unpaired) electrons. The first-order valence-corrected chi connectivity index (χ1v) is 33.8. The maximum absolute atomic E-state index is 14.8. The minimum absolute atomic E-state index is 0.00157. The zero-order valence-corrected chi connectivity index (χ0v) is 51.9. The van der Waals surface area contributed by atoms with E-state index in [1.54, 1.807) is 11.9 Å². The number of nitrogens with two attached hydrogens (primary N) is 1. The van der Waals surface area contributed by atoms with Crippen molar-refractivity contribution >= 4 is 63.5 Å². The van der Waals surface area contributed by atoms with Gasteiger partial charge in [0.15, 0.2) is 17.7 Å². The number of nitrogens with zero attached hydrogens (tertiary/aromatic N) is 7. The van der Waals surface area contributed by atoms with E-state index in [2.05, 4.69) is 104 Å². The maximum Gasteiger partial charge on any atom is 0.490 e. The smallest absolute Gasteiger partial charge is 0.387 e. The number of carbonyl (C=O) groups is 2. The monoisotopic (exact) mass is 1230 g/mol. The Balaban J connectivity index is 0.696.